The highest BCUT2D eigenvalue weighted by atomic mass is 16.5. The molecule has 32 heavy (non-hydrogen) atoms. The molecular weight excluding hydrogens is 410 g/mol. The number of aryl methyl sites for hydroxylation is 2. The summed E-state index contributed by atoms with van der Waals surface area (Å²) in [4.78, 5) is 31.0. The van der Waals surface area contributed by atoms with E-state index in [-0.39, 0.29) is 24.2 Å². The fraction of sp³-hybridized carbons (Fsp3) is 0.304. The maximum atomic E-state index is 12.6. The number of hydrogen-bond donors (Lipinski definition) is 2. The molecule has 1 saturated heterocycles. The average molecular weight is 435 g/mol. The molecule has 2 N–H and O–H groups in total. The Morgan fingerprint density at radius 1 is 1.12 bits per heavy atom. The van der Waals surface area contributed by atoms with Gasteiger partial charge in [0, 0.05) is 25.1 Å². The number of carbonyl (C=O) groups excluding carboxylic acids is 2. The van der Waals surface area contributed by atoms with Gasteiger partial charge in [-0.3, -0.25) is 20.0 Å². The predicted octanol–water partition coefficient (Wildman–Crippen LogP) is 2.60. The van der Waals surface area contributed by atoms with Gasteiger partial charge in [0.1, 0.15) is 5.82 Å². The molecule has 0 aliphatic carbocycles. The van der Waals surface area contributed by atoms with Crippen LogP contribution in [0.4, 0.5) is 11.6 Å². The lowest BCUT2D eigenvalue weighted by Gasteiger charge is -2.16. The summed E-state index contributed by atoms with van der Waals surface area (Å²) in [6.07, 6.45) is 1.49. The molecule has 0 spiro atoms. The van der Waals surface area contributed by atoms with Gasteiger partial charge in [0.25, 0.3) is 0 Å². The van der Waals surface area contributed by atoms with E-state index in [1.54, 1.807) is 19.1 Å². The van der Waals surface area contributed by atoms with E-state index in [9.17, 15) is 9.59 Å². The molecule has 1 unspecified atom stereocenters. The Morgan fingerprint density at radius 2 is 1.91 bits per heavy atom. The lowest BCUT2D eigenvalue weighted by atomic mass is 10.1. The van der Waals surface area contributed by atoms with Gasteiger partial charge >= 0.3 is 0 Å². The molecule has 9 heteroatoms. The molecule has 1 aliphatic rings. The number of nitrogens with one attached hydrogen (secondary N) is 2. The number of hydrogen-bond acceptors (Lipinski definition) is 6. The number of anilines is 2. The monoisotopic (exact) mass is 435 g/mol. The number of aromatic amines is 1. The second-order valence-electron chi connectivity index (χ2n) is 7.53. The van der Waals surface area contributed by atoms with Gasteiger partial charge in [0.05, 0.1) is 20.1 Å². The molecule has 1 fully saturated rings. The normalized spacial score (nSPS) is 15.6. The first-order chi connectivity index (χ1) is 15.6. The van der Waals surface area contributed by atoms with Crippen LogP contribution in [0.2, 0.25) is 0 Å². The highest BCUT2D eigenvalue weighted by molar-refractivity contribution is 6.03. The molecule has 1 atom stereocenters. The maximum Gasteiger partial charge on any atom is 0.248 e. The molecule has 4 rings (SSSR count). The van der Waals surface area contributed by atoms with Crippen molar-refractivity contribution in [1.29, 1.82) is 0 Å². The van der Waals surface area contributed by atoms with Crippen LogP contribution in [0.1, 0.15) is 17.8 Å². The van der Waals surface area contributed by atoms with E-state index >= 15 is 0 Å². The zero-order valence-electron chi connectivity index (χ0n) is 18.0. The van der Waals surface area contributed by atoms with Crippen molar-refractivity contribution in [1.82, 2.24) is 15.2 Å². The van der Waals surface area contributed by atoms with Gasteiger partial charge in [0.15, 0.2) is 11.5 Å². The van der Waals surface area contributed by atoms with Gasteiger partial charge in [-0.1, -0.05) is 24.3 Å². The smallest absolute Gasteiger partial charge is 0.248 e. The Kier molecular flexibility index (Phi) is 6.34. The lowest BCUT2D eigenvalue weighted by Crippen LogP contribution is -2.28. The summed E-state index contributed by atoms with van der Waals surface area (Å²) < 4.78 is 10.6. The van der Waals surface area contributed by atoms with Crippen LogP contribution in [0.3, 0.4) is 0 Å². The second-order valence-corrected chi connectivity index (χ2v) is 7.53. The Labute approximate surface area is 185 Å². The standard InChI is InChI=1S/C23H25N5O4/c1-31-18-10-8-15(12-19(18)32-2)9-11-20-24-23(27-26-20)25-22(30)16-13-21(29)28(14-16)17-6-4-3-5-7-17/h3-8,10,12,16H,9,11,13-14H2,1-2H3,(H2,24,25,26,27,30). The molecule has 1 aromatic heterocycles. The van der Waals surface area contributed by atoms with E-state index in [2.05, 4.69) is 20.5 Å². The van der Waals surface area contributed by atoms with E-state index in [0.717, 1.165) is 11.3 Å². The molecule has 0 saturated carbocycles. The Balaban J connectivity index is 1.32. The number of methoxy groups -OCH3 is 2. The number of ether oxygens (including phenoxy) is 2. The first-order valence-electron chi connectivity index (χ1n) is 10.4. The van der Waals surface area contributed by atoms with Gasteiger partial charge < -0.3 is 14.4 Å². The van der Waals surface area contributed by atoms with Crippen molar-refractivity contribution in [3.8, 4) is 11.5 Å². The van der Waals surface area contributed by atoms with Crippen LogP contribution >= 0.6 is 0 Å². The third-order valence-corrected chi connectivity index (χ3v) is 5.43. The quantitative estimate of drug-likeness (QED) is 0.563. The van der Waals surface area contributed by atoms with E-state index in [0.29, 0.717) is 36.7 Å². The van der Waals surface area contributed by atoms with Crippen LogP contribution in [0.5, 0.6) is 11.5 Å². The van der Waals surface area contributed by atoms with Crippen LogP contribution in [-0.4, -0.2) is 47.8 Å². The van der Waals surface area contributed by atoms with E-state index in [4.69, 9.17) is 9.47 Å². The minimum atomic E-state index is -0.448. The van der Waals surface area contributed by atoms with Crippen LogP contribution in [0.15, 0.2) is 48.5 Å². The number of carbonyl (C=O) groups is 2. The summed E-state index contributed by atoms with van der Waals surface area (Å²) in [6.45, 7) is 0.339. The van der Waals surface area contributed by atoms with Crippen molar-refractivity contribution >= 4 is 23.5 Å². The Bertz CT molecular complexity index is 1100. The number of rotatable bonds is 8. The van der Waals surface area contributed by atoms with Crippen molar-refractivity contribution in [2.45, 2.75) is 19.3 Å². The van der Waals surface area contributed by atoms with E-state index in [1.165, 1.54) is 0 Å². The van der Waals surface area contributed by atoms with Gasteiger partial charge in [0.2, 0.25) is 17.8 Å². The molecule has 3 aromatic rings. The molecule has 2 heterocycles. The summed E-state index contributed by atoms with van der Waals surface area (Å²) in [5.41, 5.74) is 1.86. The van der Waals surface area contributed by atoms with Crippen molar-refractivity contribution in [3.63, 3.8) is 0 Å². The fourth-order valence-electron chi connectivity index (χ4n) is 3.71. The summed E-state index contributed by atoms with van der Waals surface area (Å²) in [7, 11) is 3.20. The third kappa shape index (κ3) is 4.72. The topological polar surface area (TPSA) is 109 Å². The minimum Gasteiger partial charge on any atom is -0.493 e. The number of benzene rings is 2. The van der Waals surface area contributed by atoms with Gasteiger partial charge in [-0.2, -0.15) is 4.98 Å². The predicted molar refractivity (Wildman–Crippen MR) is 119 cm³/mol. The minimum absolute atomic E-state index is 0.0676. The molecule has 0 bridgehead atoms. The van der Waals surface area contributed by atoms with Gasteiger partial charge in [-0.25, -0.2) is 0 Å². The summed E-state index contributed by atoms with van der Waals surface area (Å²) in [5.74, 6) is 1.44. The van der Waals surface area contributed by atoms with Crippen molar-refractivity contribution in [2.75, 3.05) is 31.0 Å². The number of amides is 2. The zero-order valence-corrected chi connectivity index (χ0v) is 18.0. The van der Waals surface area contributed by atoms with Crippen molar-refractivity contribution < 1.29 is 19.1 Å². The van der Waals surface area contributed by atoms with Crippen molar-refractivity contribution in [3.05, 3.63) is 59.9 Å². The summed E-state index contributed by atoms with van der Waals surface area (Å²) in [6, 6.07) is 15.1. The average Bonchev–Trinajstić information content (AvgIpc) is 3.44. The van der Waals surface area contributed by atoms with Crippen LogP contribution in [0.25, 0.3) is 0 Å². The first-order valence-corrected chi connectivity index (χ1v) is 10.4. The molecule has 9 nitrogen and oxygen atoms in total. The molecule has 0 radical (unpaired) electrons. The van der Waals surface area contributed by atoms with E-state index in [1.807, 2.05) is 48.5 Å². The maximum absolute atomic E-state index is 12.6. The number of para-hydroxylation sites is 1. The van der Waals surface area contributed by atoms with Crippen LogP contribution < -0.4 is 19.7 Å². The number of aromatic nitrogens is 3. The first kappa shape index (κ1) is 21.4. The molecule has 2 amide bonds. The van der Waals surface area contributed by atoms with E-state index < -0.39 is 5.92 Å². The molecular formula is C23H25N5O4. The summed E-state index contributed by atoms with van der Waals surface area (Å²) >= 11 is 0. The second kappa shape index (κ2) is 9.51. The third-order valence-electron chi connectivity index (χ3n) is 5.43. The largest absolute Gasteiger partial charge is 0.493 e. The molecule has 166 valence electrons. The fourth-order valence-corrected chi connectivity index (χ4v) is 3.71. The summed E-state index contributed by atoms with van der Waals surface area (Å²) in [5, 5.41) is 9.66. The zero-order chi connectivity index (χ0) is 22.5. The Morgan fingerprint density at radius 3 is 2.66 bits per heavy atom. The Hall–Kier alpha value is -3.88. The highest BCUT2D eigenvalue weighted by Crippen LogP contribution is 2.28. The van der Waals surface area contributed by atoms with Gasteiger partial charge in [-0.15, -0.1) is 5.10 Å². The molecule has 1 aliphatic heterocycles. The lowest BCUT2D eigenvalue weighted by molar-refractivity contribution is -0.122. The van der Waals surface area contributed by atoms with Gasteiger partial charge in [-0.05, 0) is 36.2 Å². The van der Waals surface area contributed by atoms with Crippen LogP contribution in [0, 0.1) is 5.92 Å². The van der Waals surface area contributed by atoms with Crippen LogP contribution in [-0.2, 0) is 22.4 Å². The molecule has 2 aromatic carbocycles. The number of nitrogens with zero attached hydrogens (tertiary/aromatic N) is 3. The highest BCUT2D eigenvalue weighted by Gasteiger charge is 2.35. The van der Waals surface area contributed by atoms with Crippen molar-refractivity contribution in [2.24, 2.45) is 5.92 Å². The number of H-pyrrole nitrogens is 1. The SMILES string of the molecule is COc1ccc(CCc2nc(NC(=O)C3CC(=O)N(c4ccccc4)C3)n[nH]2)cc1OC.